The van der Waals surface area contributed by atoms with E-state index in [1.54, 1.807) is 18.3 Å². The highest BCUT2D eigenvalue weighted by molar-refractivity contribution is 9.10. The summed E-state index contributed by atoms with van der Waals surface area (Å²) < 4.78 is 26.3. The van der Waals surface area contributed by atoms with Crippen LogP contribution in [0, 0.1) is 0 Å². The van der Waals surface area contributed by atoms with Gasteiger partial charge in [0.15, 0.2) is 9.84 Å². The topological polar surface area (TPSA) is 52.0 Å². The number of hydrogen-bond donors (Lipinski definition) is 0. The van der Waals surface area contributed by atoms with Gasteiger partial charge >= 0.3 is 0 Å². The summed E-state index contributed by atoms with van der Waals surface area (Å²) in [7, 11) is -1.29. The van der Waals surface area contributed by atoms with E-state index in [0.717, 1.165) is 27.0 Å². The van der Waals surface area contributed by atoms with Gasteiger partial charge in [0.05, 0.1) is 4.90 Å². The third-order valence-electron chi connectivity index (χ3n) is 3.82. The fourth-order valence-electron chi connectivity index (χ4n) is 2.55. The second-order valence-electron chi connectivity index (χ2n) is 5.77. The summed E-state index contributed by atoms with van der Waals surface area (Å²) in [4.78, 5) is 4.75. The molecular weight excluding hydrogens is 400 g/mol. The van der Waals surface area contributed by atoms with Crippen molar-refractivity contribution in [2.75, 3.05) is 6.26 Å². The average molecular weight is 417 g/mol. The van der Waals surface area contributed by atoms with Gasteiger partial charge in [0, 0.05) is 35.7 Å². The molecule has 3 aromatic rings. The van der Waals surface area contributed by atoms with Gasteiger partial charge in [-0.3, -0.25) is 0 Å². The standard InChI is InChI=1S/C19H17BrN2O2S/c1-22-11-10-21-19(22)18(13-14-4-3-5-16(20)12-14)15-6-8-17(9-7-15)25(2,23)24/h3-13H,1-2H3. The maximum atomic E-state index is 11.7. The van der Waals surface area contributed by atoms with Crippen molar-refractivity contribution in [1.82, 2.24) is 9.55 Å². The molecule has 0 unspecified atom stereocenters. The van der Waals surface area contributed by atoms with E-state index in [-0.39, 0.29) is 0 Å². The molecule has 1 aromatic heterocycles. The van der Waals surface area contributed by atoms with Gasteiger partial charge in [-0.05, 0) is 41.5 Å². The van der Waals surface area contributed by atoms with Crippen molar-refractivity contribution < 1.29 is 8.42 Å². The summed E-state index contributed by atoms with van der Waals surface area (Å²) >= 11 is 3.49. The summed E-state index contributed by atoms with van der Waals surface area (Å²) in [6.45, 7) is 0. The van der Waals surface area contributed by atoms with E-state index in [1.165, 1.54) is 6.26 Å². The normalized spacial score (nSPS) is 12.4. The molecule has 0 bridgehead atoms. The van der Waals surface area contributed by atoms with Gasteiger partial charge in [0.1, 0.15) is 5.82 Å². The Morgan fingerprint density at radius 3 is 2.44 bits per heavy atom. The van der Waals surface area contributed by atoms with Crippen LogP contribution in [0.25, 0.3) is 11.6 Å². The first kappa shape index (κ1) is 17.6. The first-order valence-corrected chi connectivity index (χ1v) is 10.3. The van der Waals surface area contributed by atoms with Crippen LogP contribution in [0.3, 0.4) is 0 Å². The highest BCUT2D eigenvalue weighted by Gasteiger charge is 2.12. The Bertz CT molecular complexity index is 1040. The molecule has 0 saturated carbocycles. The smallest absolute Gasteiger partial charge is 0.175 e. The summed E-state index contributed by atoms with van der Waals surface area (Å²) in [6, 6.07) is 14.9. The van der Waals surface area contributed by atoms with Crippen LogP contribution in [-0.4, -0.2) is 24.2 Å². The minimum atomic E-state index is -3.22. The predicted molar refractivity (Wildman–Crippen MR) is 104 cm³/mol. The number of imidazole rings is 1. The lowest BCUT2D eigenvalue weighted by molar-refractivity contribution is 0.602. The van der Waals surface area contributed by atoms with Crippen molar-refractivity contribution >= 4 is 37.4 Å². The minimum Gasteiger partial charge on any atom is -0.334 e. The Labute approximate surface area is 155 Å². The molecule has 0 fully saturated rings. The summed E-state index contributed by atoms with van der Waals surface area (Å²) in [5.74, 6) is 0.812. The number of hydrogen-bond acceptors (Lipinski definition) is 3. The molecule has 0 saturated heterocycles. The number of halogens is 1. The zero-order chi connectivity index (χ0) is 18.0. The molecule has 0 N–H and O–H groups in total. The van der Waals surface area contributed by atoms with Crippen molar-refractivity contribution in [2.24, 2.45) is 7.05 Å². The minimum absolute atomic E-state index is 0.304. The molecule has 1 heterocycles. The third-order valence-corrected chi connectivity index (χ3v) is 5.44. The Morgan fingerprint density at radius 2 is 1.88 bits per heavy atom. The van der Waals surface area contributed by atoms with E-state index in [1.807, 2.05) is 60.3 Å². The zero-order valence-electron chi connectivity index (χ0n) is 13.8. The molecule has 0 spiro atoms. The molecule has 25 heavy (non-hydrogen) atoms. The van der Waals surface area contributed by atoms with E-state index >= 15 is 0 Å². The molecule has 3 rings (SSSR count). The number of sulfone groups is 1. The van der Waals surface area contributed by atoms with Crippen molar-refractivity contribution in [2.45, 2.75) is 4.90 Å². The average Bonchev–Trinajstić information content (AvgIpc) is 2.98. The summed E-state index contributed by atoms with van der Waals surface area (Å²) in [6.07, 6.45) is 6.88. The maximum absolute atomic E-state index is 11.7. The molecule has 0 aliphatic heterocycles. The Kier molecular flexibility index (Phi) is 4.92. The maximum Gasteiger partial charge on any atom is 0.175 e. The zero-order valence-corrected chi connectivity index (χ0v) is 16.3. The van der Waals surface area contributed by atoms with Crippen molar-refractivity contribution in [3.63, 3.8) is 0 Å². The largest absolute Gasteiger partial charge is 0.334 e. The molecule has 0 aliphatic carbocycles. The molecule has 6 heteroatoms. The van der Waals surface area contributed by atoms with E-state index in [0.29, 0.717) is 4.90 Å². The molecule has 0 aliphatic rings. The number of benzene rings is 2. The lowest BCUT2D eigenvalue weighted by atomic mass is 10.0. The quantitative estimate of drug-likeness (QED) is 0.599. The molecule has 4 nitrogen and oxygen atoms in total. The number of rotatable bonds is 4. The predicted octanol–water partition coefficient (Wildman–Crippen LogP) is 4.18. The van der Waals surface area contributed by atoms with Crippen LogP contribution in [-0.2, 0) is 16.9 Å². The van der Waals surface area contributed by atoms with Gasteiger partial charge < -0.3 is 4.57 Å². The van der Waals surface area contributed by atoms with Crippen molar-refractivity contribution in [3.8, 4) is 0 Å². The van der Waals surface area contributed by atoms with Gasteiger partial charge in [-0.2, -0.15) is 0 Å². The van der Waals surface area contributed by atoms with E-state index in [9.17, 15) is 8.42 Å². The second-order valence-corrected chi connectivity index (χ2v) is 8.70. The van der Waals surface area contributed by atoms with Crippen LogP contribution in [0.15, 0.2) is 70.3 Å². The highest BCUT2D eigenvalue weighted by Crippen LogP contribution is 2.26. The van der Waals surface area contributed by atoms with Gasteiger partial charge in [0.25, 0.3) is 0 Å². The summed E-state index contributed by atoms with van der Waals surface area (Å²) in [5, 5.41) is 0. The van der Waals surface area contributed by atoms with Crippen LogP contribution in [0.5, 0.6) is 0 Å². The van der Waals surface area contributed by atoms with E-state index in [4.69, 9.17) is 0 Å². The number of aryl methyl sites for hydroxylation is 1. The first-order chi connectivity index (χ1) is 11.8. The van der Waals surface area contributed by atoms with Gasteiger partial charge in [0.2, 0.25) is 0 Å². The van der Waals surface area contributed by atoms with Gasteiger partial charge in [-0.1, -0.05) is 40.2 Å². The fraction of sp³-hybridized carbons (Fsp3) is 0.105. The van der Waals surface area contributed by atoms with Crippen LogP contribution in [0.2, 0.25) is 0 Å². The third kappa shape index (κ3) is 4.08. The number of nitrogens with zero attached hydrogens (tertiary/aromatic N) is 2. The van der Waals surface area contributed by atoms with E-state index < -0.39 is 9.84 Å². The second kappa shape index (κ2) is 6.98. The molecular formula is C19H17BrN2O2S. The molecule has 128 valence electrons. The van der Waals surface area contributed by atoms with Crippen LogP contribution in [0.4, 0.5) is 0 Å². The van der Waals surface area contributed by atoms with Gasteiger partial charge in [-0.25, -0.2) is 13.4 Å². The number of aromatic nitrogens is 2. The Morgan fingerprint density at radius 1 is 1.16 bits per heavy atom. The highest BCUT2D eigenvalue weighted by atomic mass is 79.9. The van der Waals surface area contributed by atoms with Crippen LogP contribution >= 0.6 is 15.9 Å². The lowest BCUT2D eigenvalue weighted by Gasteiger charge is -2.10. The Balaban J connectivity index is 2.14. The van der Waals surface area contributed by atoms with Crippen molar-refractivity contribution in [1.29, 1.82) is 0 Å². The fourth-order valence-corrected chi connectivity index (χ4v) is 3.59. The SMILES string of the molecule is Cn1ccnc1C(=Cc1cccc(Br)c1)c1ccc(S(C)(=O)=O)cc1. The van der Waals surface area contributed by atoms with Gasteiger partial charge in [-0.15, -0.1) is 0 Å². The molecule has 0 atom stereocenters. The molecule has 0 radical (unpaired) electrons. The van der Waals surface area contributed by atoms with Crippen molar-refractivity contribution in [3.05, 3.63) is 82.3 Å². The summed E-state index contributed by atoms with van der Waals surface area (Å²) in [5.41, 5.74) is 2.85. The monoisotopic (exact) mass is 416 g/mol. The first-order valence-electron chi connectivity index (χ1n) is 7.60. The molecule has 0 amide bonds. The van der Waals surface area contributed by atoms with Crippen LogP contribution < -0.4 is 0 Å². The van der Waals surface area contributed by atoms with Crippen LogP contribution in [0.1, 0.15) is 17.0 Å². The molecule has 2 aromatic carbocycles. The Hall–Kier alpha value is -2.18. The lowest BCUT2D eigenvalue weighted by Crippen LogP contribution is -2.00. The van der Waals surface area contributed by atoms with E-state index in [2.05, 4.69) is 20.9 Å².